The van der Waals surface area contributed by atoms with Gasteiger partial charge < -0.3 is 65.4 Å². The highest BCUT2D eigenvalue weighted by Gasteiger charge is 2.46. The Kier molecular flexibility index (Phi) is 32.9. The predicted molar refractivity (Wildman–Crippen MR) is 359 cm³/mol. The first-order chi connectivity index (χ1) is 43.1. The normalized spacial score (nSPS) is 25.7. The van der Waals surface area contributed by atoms with Crippen LogP contribution in [0.5, 0.6) is 0 Å². The number of aliphatic hydroxyl groups is 1. The third-order valence-corrected chi connectivity index (χ3v) is 17.5. The van der Waals surface area contributed by atoms with Gasteiger partial charge in [-0.25, -0.2) is 0 Å². The minimum atomic E-state index is -1.64. The number of carbonyl (C=O) groups excluding carboxylic acids is 11. The molecule has 11 amide bonds. The largest absolute Gasteiger partial charge is 0.390 e. The number of hydrogen-bond donors (Lipinski definition) is 5. The molecule has 1 saturated heterocycles. The average molecular weight is 1310 g/mol. The molecule has 1 aromatic rings. The molecule has 1 aromatic carbocycles. The zero-order valence-corrected chi connectivity index (χ0v) is 60.5. The molecule has 0 spiro atoms. The summed E-state index contributed by atoms with van der Waals surface area (Å²) in [5, 5.41) is 23.2. The van der Waals surface area contributed by atoms with E-state index in [1.54, 1.807) is 74.5 Å². The quantitative estimate of drug-likeness (QED) is 0.126. The lowest BCUT2D eigenvalue weighted by Crippen LogP contribution is -2.63. The van der Waals surface area contributed by atoms with E-state index in [1.165, 1.54) is 87.7 Å². The summed E-state index contributed by atoms with van der Waals surface area (Å²) < 4.78 is 6.39. The number of amides is 11. The van der Waals surface area contributed by atoms with E-state index in [0.717, 1.165) is 15.4 Å². The molecule has 1 aliphatic heterocycles. The SMILES string of the molecule is CC=CC[C@@H](C)[C@@H](O)[C@H]1C(=O)N[C@@H](CC)C(=O)N(C)CC(=O)N(C)[C@@H](CC(C)(C)OCc2ccccc2)C(=O)N[C@@H](C(C)C)C(=O)N(C)[C@@H](CC(C)C)C(=O)N[C@@H](C)C(=O)N[C@H](C)C(=O)N(C)[C@@H](CC(C)C)C(=O)N(C)[C@@H](CC(C)C)C(=O)N(C)[C@@H](C(C)C)C(=O)N1C. The Morgan fingerprint density at radius 2 is 1.01 bits per heavy atom. The van der Waals surface area contributed by atoms with Crippen LogP contribution >= 0.6 is 0 Å². The minimum absolute atomic E-state index is 0.00531. The second-order valence-corrected chi connectivity index (χ2v) is 28.2. The second kappa shape index (κ2) is 37.2. The summed E-state index contributed by atoms with van der Waals surface area (Å²) in [4.78, 5) is 171. The van der Waals surface area contributed by atoms with Gasteiger partial charge in [0.25, 0.3) is 0 Å². The molecule has 24 nitrogen and oxygen atoms in total. The molecule has 0 aliphatic carbocycles. The number of allylic oxidation sites excluding steroid dienone is 2. The van der Waals surface area contributed by atoms with Gasteiger partial charge in [-0.2, -0.15) is 0 Å². The van der Waals surface area contributed by atoms with Gasteiger partial charge in [0.1, 0.15) is 60.4 Å². The Bertz CT molecular complexity index is 2720. The van der Waals surface area contributed by atoms with E-state index in [9.17, 15) is 38.7 Å². The van der Waals surface area contributed by atoms with Crippen molar-refractivity contribution in [1.82, 2.24) is 55.6 Å². The Labute approximate surface area is 555 Å². The lowest BCUT2D eigenvalue weighted by atomic mass is 9.91. The molecule has 0 unspecified atom stereocenters. The average Bonchev–Trinajstić information content (AvgIpc) is 0.829. The van der Waals surface area contributed by atoms with Gasteiger partial charge in [-0.05, 0) is 108 Å². The van der Waals surface area contributed by atoms with Crippen molar-refractivity contribution in [2.45, 2.75) is 235 Å². The fourth-order valence-electron chi connectivity index (χ4n) is 11.6. The summed E-state index contributed by atoms with van der Waals surface area (Å²) in [5.74, 6) is -10.0. The van der Waals surface area contributed by atoms with Gasteiger partial charge in [0.2, 0.25) is 65.0 Å². The lowest BCUT2D eigenvalue weighted by molar-refractivity contribution is -0.157. The number of hydrogen-bond acceptors (Lipinski definition) is 13. The van der Waals surface area contributed by atoms with Crippen LogP contribution in [0.2, 0.25) is 0 Å². The fourth-order valence-corrected chi connectivity index (χ4v) is 11.6. The summed E-state index contributed by atoms with van der Waals surface area (Å²) in [5.41, 5.74) is -0.249. The fraction of sp³-hybridized carbons (Fsp3) is 0.725. The van der Waals surface area contributed by atoms with Crippen LogP contribution in [0.3, 0.4) is 0 Å². The Hall–Kier alpha value is -6.95. The van der Waals surface area contributed by atoms with E-state index in [0.29, 0.717) is 6.42 Å². The summed E-state index contributed by atoms with van der Waals surface area (Å²) in [7, 11) is 9.87. The zero-order chi connectivity index (χ0) is 71.4. The maximum atomic E-state index is 15.2. The lowest BCUT2D eigenvalue weighted by Gasteiger charge is -2.41. The Morgan fingerprint density at radius 1 is 0.538 bits per heavy atom. The Balaban J connectivity index is 3.03. The number of carbonyl (C=O) groups is 11. The maximum Gasteiger partial charge on any atom is 0.246 e. The third kappa shape index (κ3) is 23.5. The molecule has 5 N–H and O–H groups in total. The van der Waals surface area contributed by atoms with E-state index in [-0.39, 0.29) is 56.5 Å². The standard InChI is InChI=1S/C69H117N11O13/c1-25-27-31-45(13)58(82)57-62(86)72-49(26-2)64(88)74(18)38-54(81)75(19)53(37-69(16,17)93-39-48-32-29-28-30-33-48)61(85)73-55(43(9)10)67(91)76(20)50(34-40(3)4)60(84)70-46(14)59(83)71-47(15)63(87)77(21)51(35-41(5)6)65(89)78(22)52(36-42(7)8)66(90)79(23)56(44(11)12)68(92)80(57)24/h25,27-30,32-33,40-47,49-53,55-58,82H,26,31,34-39H2,1-24H3,(H,70,84)(H,71,83)(H,72,86)(H,73,85)/t45-,46+,47-,49+,50+,51+,52+,53+,55+,56+,57+,58-/m1/s1. The van der Waals surface area contributed by atoms with Crippen molar-refractivity contribution in [2.24, 2.45) is 35.5 Å². The summed E-state index contributed by atoms with van der Waals surface area (Å²) in [6.45, 7) is 29.2. The minimum Gasteiger partial charge on any atom is -0.390 e. The molecule has 2 rings (SSSR count). The number of nitrogens with zero attached hydrogens (tertiary/aromatic N) is 7. The van der Waals surface area contributed by atoms with Crippen molar-refractivity contribution in [3.05, 3.63) is 48.0 Å². The molecule has 12 atom stereocenters. The number of ether oxygens (including phenoxy) is 1. The van der Waals surface area contributed by atoms with Crippen LogP contribution in [0.4, 0.5) is 0 Å². The Morgan fingerprint density at radius 3 is 1.51 bits per heavy atom. The number of likely N-dealkylation sites (N-methyl/N-ethyl adjacent to an activating group) is 7. The molecule has 0 saturated carbocycles. The molecule has 1 heterocycles. The van der Waals surface area contributed by atoms with Crippen molar-refractivity contribution >= 4 is 65.0 Å². The molecule has 1 aliphatic rings. The predicted octanol–water partition coefficient (Wildman–Crippen LogP) is 4.61. The highest BCUT2D eigenvalue weighted by atomic mass is 16.5. The first-order valence-electron chi connectivity index (χ1n) is 33.1. The molecular formula is C69H117N11O13. The van der Waals surface area contributed by atoms with Gasteiger partial charge >= 0.3 is 0 Å². The van der Waals surface area contributed by atoms with Crippen LogP contribution < -0.4 is 21.3 Å². The summed E-state index contributed by atoms with van der Waals surface area (Å²) >= 11 is 0. The first kappa shape index (κ1) is 82.1. The second-order valence-electron chi connectivity index (χ2n) is 28.2. The number of aliphatic hydroxyl groups excluding tert-OH is 1. The van der Waals surface area contributed by atoms with E-state index in [1.807, 2.05) is 71.9 Å². The number of rotatable bonds is 18. The van der Waals surface area contributed by atoms with Gasteiger partial charge in [-0.3, -0.25) is 52.7 Å². The molecular weight excluding hydrogens is 1190 g/mol. The van der Waals surface area contributed by atoms with Gasteiger partial charge in [0.05, 0.1) is 24.9 Å². The van der Waals surface area contributed by atoms with E-state index < -0.39 is 161 Å². The van der Waals surface area contributed by atoms with Gasteiger partial charge in [-0.1, -0.05) is 126 Å². The number of nitrogens with one attached hydrogen (secondary N) is 4. The van der Waals surface area contributed by atoms with E-state index >= 15 is 19.2 Å². The molecule has 1 fully saturated rings. The van der Waals surface area contributed by atoms with E-state index in [2.05, 4.69) is 21.3 Å². The smallest absolute Gasteiger partial charge is 0.246 e. The topological polar surface area (TPSA) is 288 Å². The van der Waals surface area contributed by atoms with Crippen molar-refractivity contribution in [3.8, 4) is 0 Å². The van der Waals surface area contributed by atoms with Gasteiger partial charge in [0.15, 0.2) is 0 Å². The summed E-state index contributed by atoms with van der Waals surface area (Å²) in [6.07, 6.45) is 2.66. The zero-order valence-electron chi connectivity index (χ0n) is 60.5. The van der Waals surface area contributed by atoms with Crippen LogP contribution in [-0.2, 0) is 64.1 Å². The number of benzene rings is 1. The molecule has 0 aromatic heterocycles. The van der Waals surface area contributed by atoms with Crippen LogP contribution in [-0.4, -0.2) is 232 Å². The first-order valence-corrected chi connectivity index (χ1v) is 33.1. The summed E-state index contributed by atoms with van der Waals surface area (Å²) in [6, 6.07) is -3.46. The molecule has 24 heteroatoms. The molecule has 93 heavy (non-hydrogen) atoms. The van der Waals surface area contributed by atoms with Crippen LogP contribution in [0.15, 0.2) is 42.5 Å². The molecule has 526 valence electrons. The third-order valence-electron chi connectivity index (χ3n) is 17.5. The maximum absolute atomic E-state index is 15.2. The van der Waals surface area contributed by atoms with Gasteiger partial charge in [-0.15, -0.1) is 0 Å². The van der Waals surface area contributed by atoms with E-state index in [4.69, 9.17) is 4.74 Å². The van der Waals surface area contributed by atoms with Crippen LogP contribution in [0.1, 0.15) is 162 Å². The van der Waals surface area contributed by atoms with Crippen molar-refractivity contribution < 1.29 is 62.6 Å². The highest BCUT2D eigenvalue weighted by molar-refractivity contribution is 5.99. The van der Waals surface area contributed by atoms with Crippen molar-refractivity contribution in [1.29, 1.82) is 0 Å². The van der Waals surface area contributed by atoms with Crippen LogP contribution in [0, 0.1) is 35.5 Å². The van der Waals surface area contributed by atoms with Crippen molar-refractivity contribution in [3.63, 3.8) is 0 Å². The van der Waals surface area contributed by atoms with Crippen LogP contribution in [0.25, 0.3) is 0 Å². The molecule has 0 bridgehead atoms. The van der Waals surface area contributed by atoms with Crippen molar-refractivity contribution in [2.75, 3.05) is 55.9 Å². The van der Waals surface area contributed by atoms with Gasteiger partial charge in [0, 0.05) is 55.8 Å². The highest BCUT2D eigenvalue weighted by Crippen LogP contribution is 2.27. The molecule has 0 radical (unpaired) electrons. The monoisotopic (exact) mass is 1310 g/mol.